The number of piperidine rings is 1. The molecule has 1 aromatic heterocycles. The average molecular weight is 342 g/mol. The minimum Gasteiger partial charge on any atom is -0.497 e. The molecular formula is C21H30N2O2. The van der Waals surface area contributed by atoms with E-state index in [4.69, 9.17) is 4.74 Å². The molecule has 3 rings (SSSR count). The van der Waals surface area contributed by atoms with Crippen LogP contribution in [-0.4, -0.2) is 36.4 Å². The van der Waals surface area contributed by atoms with Crippen molar-refractivity contribution in [1.82, 2.24) is 10.3 Å². The van der Waals surface area contributed by atoms with Gasteiger partial charge in [0.1, 0.15) is 5.75 Å². The lowest BCUT2D eigenvalue weighted by Gasteiger charge is -2.33. The van der Waals surface area contributed by atoms with E-state index < -0.39 is 0 Å². The Morgan fingerprint density at radius 2 is 2.20 bits per heavy atom. The molecule has 4 nitrogen and oxygen atoms in total. The SMILES string of the molecule is COc1ccc2nccc(CCCC3CCNC[C@H]3C[C@@H](C)O)c2c1. The summed E-state index contributed by atoms with van der Waals surface area (Å²) in [4.78, 5) is 4.47. The highest BCUT2D eigenvalue weighted by Gasteiger charge is 2.25. The summed E-state index contributed by atoms with van der Waals surface area (Å²) >= 11 is 0. The zero-order chi connectivity index (χ0) is 17.6. The van der Waals surface area contributed by atoms with Gasteiger partial charge in [0.2, 0.25) is 0 Å². The number of aliphatic hydroxyl groups is 1. The van der Waals surface area contributed by atoms with Crippen molar-refractivity contribution in [3.63, 3.8) is 0 Å². The zero-order valence-electron chi connectivity index (χ0n) is 15.4. The highest BCUT2D eigenvalue weighted by molar-refractivity contribution is 5.83. The van der Waals surface area contributed by atoms with E-state index in [0.717, 1.165) is 43.1 Å². The first kappa shape index (κ1) is 18.2. The molecule has 0 saturated carbocycles. The second-order valence-electron chi connectivity index (χ2n) is 7.34. The quantitative estimate of drug-likeness (QED) is 0.808. The first-order chi connectivity index (χ1) is 12.2. The van der Waals surface area contributed by atoms with E-state index in [2.05, 4.69) is 22.4 Å². The lowest BCUT2D eigenvalue weighted by atomic mass is 9.79. The summed E-state index contributed by atoms with van der Waals surface area (Å²) in [5, 5.41) is 14.4. The number of hydrogen-bond donors (Lipinski definition) is 2. The van der Waals surface area contributed by atoms with Crippen LogP contribution in [0.15, 0.2) is 30.5 Å². The van der Waals surface area contributed by atoms with Gasteiger partial charge in [-0.15, -0.1) is 0 Å². The number of benzene rings is 1. The van der Waals surface area contributed by atoms with Gasteiger partial charge in [-0.2, -0.15) is 0 Å². The molecule has 1 aliphatic rings. The zero-order valence-corrected chi connectivity index (χ0v) is 15.4. The van der Waals surface area contributed by atoms with Crippen molar-refractivity contribution in [2.45, 2.75) is 45.1 Å². The number of aromatic nitrogens is 1. The number of aryl methyl sites for hydroxylation is 1. The number of aliphatic hydroxyl groups excluding tert-OH is 1. The maximum atomic E-state index is 9.75. The lowest BCUT2D eigenvalue weighted by molar-refractivity contribution is 0.120. The highest BCUT2D eigenvalue weighted by atomic mass is 16.5. The van der Waals surface area contributed by atoms with Crippen LogP contribution in [0, 0.1) is 11.8 Å². The molecule has 2 heterocycles. The third-order valence-electron chi connectivity index (χ3n) is 5.47. The predicted octanol–water partition coefficient (Wildman–Crippen LogP) is 3.56. The minimum atomic E-state index is -0.205. The van der Waals surface area contributed by atoms with Crippen molar-refractivity contribution in [1.29, 1.82) is 0 Å². The Kier molecular flexibility index (Phi) is 6.27. The number of fused-ring (bicyclic) bond motifs is 1. The predicted molar refractivity (Wildman–Crippen MR) is 102 cm³/mol. The molecule has 2 N–H and O–H groups in total. The smallest absolute Gasteiger partial charge is 0.119 e. The Balaban J connectivity index is 1.64. The Hall–Kier alpha value is -1.65. The molecular weight excluding hydrogens is 312 g/mol. The summed E-state index contributed by atoms with van der Waals surface area (Å²) in [6.07, 6.45) is 7.31. The standard InChI is InChI=1S/C21H30N2O2/c1-15(24)12-18-14-22-10-8-16(18)4-3-5-17-9-11-23-21-7-6-19(25-2)13-20(17)21/h6-7,9,11,13,15-16,18,22,24H,3-5,8,10,12,14H2,1-2H3/t15-,16?,18-/m1/s1. The van der Waals surface area contributed by atoms with Crippen molar-refractivity contribution >= 4 is 10.9 Å². The number of ether oxygens (including phenoxy) is 1. The topological polar surface area (TPSA) is 54.4 Å². The Labute approximate surface area is 150 Å². The molecule has 4 heteroatoms. The molecule has 25 heavy (non-hydrogen) atoms. The summed E-state index contributed by atoms with van der Waals surface area (Å²) in [6, 6.07) is 8.23. The van der Waals surface area contributed by atoms with Gasteiger partial charge in [0, 0.05) is 11.6 Å². The largest absolute Gasteiger partial charge is 0.497 e. The summed E-state index contributed by atoms with van der Waals surface area (Å²) in [6.45, 7) is 4.06. The van der Waals surface area contributed by atoms with Gasteiger partial charge in [0.25, 0.3) is 0 Å². The molecule has 1 fully saturated rings. The molecule has 1 unspecified atom stereocenters. The van der Waals surface area contributed by atoms with E-state index >= 15 is 0 Å². The molecule has 3 atom stereocenters. The molecule has 0 bridgehead atoms. The van der Waals surface area contributed by atoms with Gasteiger partial charge in [-0.25, -0.2) is 0 Å². The van der Waals surface area contributed by atoms with E-state index in [1.54, 1.807) is 7.11 Å². The van der Waals surface area contributed by atoms with E-state index in [0.29, 0.717) is 5.92 Å². The van der Waals surface area contributed by atoms with Crippen molar-refractivity contribution in [3.8, 4) is 5.75 Å². The van der Waals surface area contributed by atoms with Gasteiger partial charge in [-0.3, -0.25) is 4.98 Å². The monoisotopic (exact) mass is 342 g/mol. The second kappa shape index (κ2) is 8.63. The molecule has 0 radical (unpaired) electrons. The number of rotatable bonds is 7. The van der Waals surface area contributed by atoms with Gasteiger partial charge in [-0.1, -0.05) is 0 Å². The molecule has 0 aliphatic carbocycles. The van der Waals surface area contributed by atoms with Crippen molar-refractivity contribution in [3.05, 3.63) is 36.0 Å². The van der Waals surface area contributed by atoms with Gasteiger partial charge in [0.15, 0.2) is 0 Å². The van der Waals surface area contributed by atoms with Crippen LogP contribution < -0.4 is 10.1 Å². The van der Waals surface area contributed by atoms with Crippen LogP contribution in [0.25, 0.3) is 10.9 Å². The van der Waals surface area contributed by atoms with Crippen LogP contribution in [0.4, 0.5) is 0 Å². The van der Waals surface area contributed by atoms with E-state index in [1.807, 2.05) is 25.3 Å². The Bertz CT molecular complexity index is 687. The fourth-order valence-corrected chi connectivity index (χ4v) is 4.15. The molecule has 1 aliphatic heterocycles. The second-order valence-corrected chi connectivity index (χ2v) is 7.34. The normalized spacial score (nSPS) is 22.0. The number of methoxy groups -OCH3 is 1. The van der Waals surface area contributed by atoms with Gasteiger partial charge in [-0.05, 0) is 93.8 Å². The van der Waals surface area contributed by atoms with E-state index in [9.17, 15) is 5.11 Å². The van der Waals surface area contributed by atoms with Crippen molar-refractivity contribution < 1.29 is 9.84 Å². The number of pyridine rings is 1. The van der Waals surface area contributed by atoms with Gasteiger partial charge < -0.3 is 15.2 Å². The summed E-state index contributed by atoms with van der Waals surface area (Å²) in [5.41, 5.74) is 2.39. The first-order valence-electron chi connectivity index (χ1n) is 9.48. The third kappa shape index (κ3) is 4.71. The summed E-state index contributed by atoms with van der Waals surface area (Å²) in [7, 11) is 1.70. The van der Waals surface area contributed by atoms with Crippen LogP contribution in [0.2, 0.25) is 0 Å². The highest BCUT2D eigenvalue weighted by Crippen LogP contribution is 2.29. The molecule has 136 valence electrons. The first-order valence-corrected chi connectivity index (χ1v) is 9.48. The Morgan fingerprint density at radius 3 is 3.00 bits per heavy atom. The maximum Gasteiger partial charge on any atom is 0.119 e. The molecule has 1 aromatic carbocycles. The number of hydrogen-bond acceptors (Lipinski definition) is 4. The fourth-order valence-electron chi connectivity index (χ4n) is 4.15. The van der Waals surface area contributed by atoms with Crippen LogP contribution in [0.3, 0.4) is 0 Å². The maximum absolute atomic E-state index is 9.75. The van der Waals surface area contributed by atoms with Crippen molar-refractivity contribution in [2.75, 3.05) is 20.2 Å². The molecule has 0 spiro atoms. The van der Waals surface area contributed by atoms with E-state index in [-0.39, 0.29) is 6.10 Å². The summed E-state index contributed by atoms with van der Waals surface area (Å²) in [5.74, 6) is 2.21. The summed E-state index contributed by atoms with van der Waals surface area (Å²) < 4.78 is 5.37. The fraction of sp³-hybridized carbons (Fsp3) is 0.571. The lowest BCUT2D eigenvalue weighted by Crippen LogP contribution is -2.38. The molecule has 1 saturated heterocycles. The Morgan fingerprint density at radius 1 is 1.32 bits per heavy atom. The molecule has 2 aromatic rings. The van der Waals surface area contributed by atoms with Crippen LogP contribution >= 0.6 is 0 Å². The average Bonchev–Trinajstić information content (AvgIpc) is 2.62. The number of nitrogens with one attached hydrogen (secondary N) is 1. The van der Waals surface area contributed by atoms with Crippen LogP contribution in [-0.2, 0) is 6.42 Å². The van der Waals surface area contributed by atoms with Crippen molar-refractivity contribution in [2.24, 2.45) is 11.8 Å². The molecule has 0 amide bonds. The van der Waals surface area contributed by atoms with Gasteiger partial charge in [0.05, 0.1) is 18.7 Å². The number of nitrogens with zero attached hydrogens (tertiary/aromatic N) is 1. The minimum absolute atomic E-state index is 0.205. The van der Waals surface area contributed by atoms with Crippen LogP contribution in [0.5, 0.6) is 5.75 Å². The van der Waals surface area contributed by atoms with Crippen LogP contribution in [0.1, 0.15) is 38.2 Å². The van der Waals surface area contributed by atoms with E-state index in [1.165, 1.54) is 30.2 Å². The van der Waals surface area contributed by atoms with Gasteiger partial charge >= 0.3 is 0 Å². The third-order valence-corrected chi connectivity index (χ3v) is 5.47.